The number of rotatable bonds is 3. The molecule has 6 heteroatoms. The zero-order valence-electron chi connectivity index (χ0n) is 16.7. The van der Waals surface area contributed by atoms with E-state index in [-0.39, 0.29) is 16.9 Å². The standard InChI is InChI=1S/C21H34O5S/c1-13(22)17-6-7-18-16-5-4-14-12-15(26-27(23,24)25)8-10-20(14,2)19(16)9-11-21(17,18)3/h8,13-14,16-19,22H,4-7,9-12H2,1-3H3,(H,23,24,25)/t13-,14-,16-,17+,18-,19-,20-,21+/m0/s1. The van der Waals surface area contributed by atoms with Gasteiger partial charge in [-0.3, -0.25) is 4.55 Å². The van der Waals surface area contributed by atoms with Gasteiger partial charge >= 0.3 is 10.4 Å². The molecule has 0 aromatic rings. The minimum absolute atomic E-state index is 0.180. The maximum absolute atomic E-state index is 11.1. The average Bonchev–Trinajstić information content (AvgIpc) is 2.91. The van der Waals surface area contributed by atoms with Crippen molar-refractivity contribution >= 4 is 10.4 Å². The van der Waals surface area contributed by atoms with Crippen LogP contribution in [0.3, 0.4) is 0 Å². The van der Waals surface area contributed by atoms with Crippen LogP contribution in [-0.4, -0.2) is 24.2 Å². The number of aliphatic hydroxyl groups excluding tert-OH is 1. The lowest BCUT2D eigenvalue weighted by atomic mass is 9.45. The van der Waals surface area contributed by atoms with Crippen molar-refractivity contribution in [2.45, 2.75) is 78.2 Å². The molecular formula is C21H34O5S. The molecule has 0 heterocycles. The molecule has 0 bridgehead atoms. The average molecular weight is 399 g/mol. The van der Waals surface area contributed by atoms with Crippen LogP contribution >= 0.6 is 0 Å². The fourth-order valence-electron chi connectivity index (χ4n) is 7.88. The molecule has 27 heavy (non-hydrogen) atoms. The Morgan fingerprint density at radius 3 is 2.48 bits per heavy atom. The van der Waals surface area contributed by atoms with Crippen molar-refractivity contribution in [3.8, 4) is 0 Å². The van der Waals surface area contributed by atoms with E-state index in [1.165, 1.54) is 25.7 Å². The molecule has 2 N–H and O–H groups in total. The normalized spacial score (nSPS) is 48.0. The Morgan fingerprint density at radius 1 is 1.11 bits per heavy atom. The number of hydrogen-bond acceptors (Lipinski definition) is 4. The molecule has 4 rings (SSSR count). The summed E-state index contributed by atoms with van der Waals surface area (Å²) < 4.78 is 36.0. The minimum Gasteiger partial charge on any atom is -0.393 e. The number of aliphatic hydroxyl groups is 1. The molecule has 5 nitrogen and oxygen atoms in total. The molecule has 0 radical (unpaired) electrons. The van der Waals surface area contributed by atoms with Crippen molar-refractivity contribution in [1.29, 1.82) is 0 Å². The molecule has 3 saturated carbocycles. The van der Waals surface area contributed by atoms with Crippen molar-refractivity contribution in [2.75, 3.05) is 0 Å². The van der Waals surface area contributed by atoms with Crippen molar-refractivity contribution in [3.63, 3.8) is 0 Å². The molecular weight excluding hydrogens is 364 g/mol. The van der Waals surface area contributed by atoms with E-state index in [2.05, 4.69) is 13.8 Å². The zero-order valence-corrected chi connectivity index (χ0v) is 17.5. The third-order valence-corrected chi connectivity index (χ3v) is 9.58. The highest BCUT2D eigenvalue weighted by molar-refractivity contribution is 7.81. The summed E-state index contributed by atoms with van der Waals surface area (Å²) in [6.07, 6.45) is 10.2. The highest BCUT2D eigenvalue weighted by atomic mass is 32.3. The van der Waals surface area contributed by atoms with Crippen LogP contribution in [0.25, 0.3) is 0 Å². The summed E-state index contributed by atoms with van der Waals surface area (Å²) in [5, 5.41) is 10.3. The molecule has 154 valence electrons. The Hall–Kier alpha value is -0.590. The Bertz CT molecular complexity index is 729. The van der Waals surface area contributed by atoms with Gasteiger partial charge in [0.2, 0.25) is 0 Å². The van der Waals surface area contributed by atoms with Crippen molar-refractivity contribution in [2.24, 2.45) is 40.4 Å². The Kier molecular flexibility index (Phi) is 4.72. The number of hydrogen-bond donors (Lipinski definition) is 2. The van der Waals surface area contributed by atoms with Crippen molar-refractivity contribution in [1.82, 2.24) is 0 Å². The van der Waals surface area contributed by atoms with E-state index in [0.717, 1.165) is 19.3 Å². The zero-order chi connectivity index (χ0) is 19.6. The largest absolute Gasteiger partial charge is 0.446 e. The van der Waals surface area contributed by atoms with Crippen molar-refractivity contribution < 1.29 is 22.3 Å². The predicted molar refractivity (Wildman–Crippen MR) is 103 cm³/mol. The fraction of sp³-hybridized carbons (Fsp3) is 0.905. The van der Waals surface area contributed by atoms with Gasteiger partial charge in [0.15, 0.2) is 0 Å². The van der Waals surface area contributed by atoms with Gasteiger partial charge in [0.05, 0.1) is 6.10 Å². The van der Waals surface area contributed by atoms with Gasteiger partial charge in [0.25, 0.3) is 0 Å². The van der Waals surface area contributed by atoms with E-state index in [1.54, 1.807) is 0 Å². The third kappa shape index (κ3) is 3.16. The van der Waals surface area contributed by atoms with E-state index in [9.17, 15) is 13.5 Å². The van der Waals surface area contributed by atoms with E-state index in [1.807, 2.05) is 13.0 Å². The molecule has 0 amide bonds. The minimum atomic E-state index is -4.43. The Labute approximate surface area is 163 Å². The predicted octanol–water partition coefficient (Wildman–Crippen LogP) is 4.34. The summed E-state index contributed by atoms with van der Waals surface area (Å²) in [4.78, 5) is 0. The lowest BCUT2D eigenvalue weighted by Gasteiger charge is -2.60. The monoisotopic (exact) mass is 398 g/mol. The summed E-state index contributed by atoms with van der Waals surface area (Å²) in [5.74, 6) is 3.33. The molecule has 4 aliphatic carbocycles. The quantitative estimate of drug-likeness (QED) is 0.691. The van der Waals surface area contributed by atoms with Gasteiger partial charge in [-0.15, -0.1) is 0 Å². The second-order valence-corrected chi connectivity index (χ2v) is 11.2. The molecule has 8 atom stereocenters. The van der Waals surface area contributed by atoms with Gasteiger partial charge in [0.1, 0.15) is 5.76 Å². The van der Waals surface area contributed by atoms with Gasteiger partial charge in [0, 0.05) is 6.42 Å². The highest BCUT2D eigenvalue weighted by Gasteiger charge is 2.60. The van der Waals surface area contributed by atoms with Gasteiger partial charge in [-0.25, -0.2) is 0 Å². The maximum Gasteiger partial charge on any atom is 0.446 e. The first kappa shape index (κ1) is 19.7. The second kappa shape index (κ2) is 6.46. The summed E-state index contributed by atoms with van der Waals surface area (Å²) in [7, 11) is -4.43. The van der Waals surface area contributed by atoms with Crippen LogP contribution in [-0.2, 0) is 14.6 Å². The van der Waals surface area contributed by atoms with Gasteiger partial charge in [-0.1, -0.05) is 13.8 Å². The topological polar surface area (TPSA) is 83.8 Å². The summed E-state index contributed by atoms with van der Waals surface area (Å²) >= 11 is 0. The highest BCUT2D eigenvalue weighted by Crippen LogP contribution is 2.67. The summed E-state index contributed by atoms with van der Waals surface area (Å²) in [5.41, 5.74) is 0.446. The molecule has 0 spiro atoms. The van der Waals surface area contributed by atoms with Gasteiger partial charge in [-0.2, -0.15) is 8.42 Å². The second-order valence-electron chi connectivity index (χ2n) is 10.2. The van der Waals surface area contributed by atoms with Crippen LogP contribution in [0.1, 0.15) is 72.1 Å². The SMILES string of the molecule is C[C@H](O)[C@H]1CC[C@H]2[C@@H]3CC[C@H]4CC(OS(=O)(=O)O)=CC[C@]4(C)[C@H]3CC[C@]12C. The molecule has 0 aromatic carbocycles. The lowest BCUT2D eigenvalue weighted by Crippen LogP contribution is -2.53. The molecule has 0 unspecified atom stereocenters. The van der Waals surface area contributed by atoms with Crippen LogP contribution < -0.4 is 0 Å². The van der Waals surface area contributed by atoms with Crippen molar-refractivity contribution in [3.05, 3.63) is 11.8 Å². The maximum atomic E-state index is 11.1. The van der Waals surface area contributed by atoms with Crippen LogP contribution in [0.2, 0.25) is 0 Å². The smallest absolute Gasteiger partial charge is 0.393 e. The van der Waals surface area contributed by atoms with Crippen LogP contribution in [0.15, 0.2) is 11.8 Å². The number of allylic oxidation sites excluding steroid dienone is 2. The molecule has 0 aliphatic heterocycles. The number of fused-ring (bicyclic) bond motifs is 5. The van der Waals surface area contributed by atoms with Crippen LogP contribution in [0.4, 0.5) is 0 Å². The van der Waals surface area contributed by atoms with E-state index in [4.69, 9.17) is 8.74 Å². The first-order valence-corrected chi connectivity index (χ1v) is 11.9. The molecule has 4 aliphatic rings. The molecule has 0 aromatic heterocycles. The van der Waals surface area contributed by atoms with Gasteiger partial charge in [-0.05, 0) is 98.4 Å². The summed E-state index contributed by atoms with van der Waals surface area (Å²) in [6, 6.07) is 0. The first-order chi connectivity index (χ1) is 12.5. The van der Waals surface area contributed by atoms with E-state index in [0.29, 0.717) is 41.8 Å². The Balaban J connectivity index is 1.57. The van der Waals surface area contributed by atoms with Crippen LogP contribution in [0.5, 0.6) is 0 Å². The van der Waals surface area contributed by atoms with E-state index < -0.39 is 10.4 Å². The molecule has 0 saturated heterocycles. The first-order valence-electron chi connectivity index (χ1n) is 10.6. The fourth-order valence-corrected chi connectivity index (χ4v) is 8.29. The lowest BCUT2D eigenvalue weighted by molar-refractivity contribution is -0.108. The summed E-state index contributed by atoms with van der Waals surface area (Å²) in [6.45, 7) is 6.77. The van der Waals surface area contributed by atoms with Crippen LogP contribution in [0, 0.1) is 40.4 Å². The Morgan fingerprint density at radius 2 is 1.81 bits per heavy atom. The van der Waals surface area contributed by atoms with E-state index >= 15 is 0 Å². The third-order valence-electron chi connectivity index (χ3n) is 9.15. The van der Waals surface area contributed by atoms with Gasteiger partial charge < -0.3 is 9.29 Å². The molecule has 3 fully saturated rings.